The van der Waals surface area contributed by atoms with Crippen molar-refractivity contribution >= 4 is 40.7 Å². The summed E-state index contributed by atoms with van der Waals surface area (Å²) in [6.07, 6.45) is 1.43. The highest BCUT2D eigenvalue weighted by Gasteiger charge is 2.24. The first-order valence-electron chi connectivity index (χ1n) is 9.57. The fourth-order valence-electron chi connectivity index (χ4n) is 3.40. The maximum Gasteiger partial charge on any atom is 0.227 e. The molecule has 0 radical (unpaired) electrons. The molecular weight excluding hydrogens is 390 g/mol. The van der Waals surface area contributed by atoms with Crippen LogP contribution in [0.25, 0.3) is 0 Å². The SMILES string of the molecule is CC(=O)NC(CC(=O)Nc1ccc(N2CCCC2=O)c(Cl)c1)c1ccc(C)cc1. The van der Waals surface area contributed by atoms with Gasteiger partial charge in [-0.1, -0.05) is 41.4 Å². The van der Waals surface area contributed by atoms with Crippen LogP contribution in [0.4, 0.5) is 11.4 Å². The Morgan fingerprint density at radius 1 is 1.17 bits per heavy atom. The number of anilines is 2. The minimum absolute atomic E-state index is 0.0555. The molecule has 1 saturated heterocycles. The van der Waals surface area contributed by atoms with Crippen molar-refractivity contribution in [3.63, 3.8) is 0 Å². The van der Waals surface area contributed by atoms with Crippen LogP contribution in [0.3, 0.4) is 0 Å². The van der Waals surface area contributed by atoms with E-state index in [4.69, 9.17) is 11.6 Å². The van der Waals surface area contributed by atoms with Crippen LogP contribution < -0.4 is 15.5 Å². The van der Waals surface area contributed by atoms with Crippen LogP contribution in [0, 0.1) is 6.92 Å². The molecule has 29 heavy (non-hydrogen) atoms. The zero-order chi connectivity index (χ0) is 21.0. The van der Waals surface area contributed by atoms with Crippen LogP contribution in [-0.4, -0.2) is 24.3 Å². The normalized spacial score (nSPS) is 14.6. The number of carbonyl (C=O) groups is 3. The molecule has 1 aliphatic rings. The number of carbonyl (C=O) groups excluding carboxylic acids is 3. The lowest BCUT2D eigenvalue weighted by atomic mass is 10.0. The quantitative estimate of drug-likeness (QED) is 0.751. The van der Waals surface area contributed by atoms with Gasteiger partial charge in [-0.15, -0.1) is 0 Å². The van der Waals surface area contributed by atoms with Gasteiger partial charge in [0.15, 0.2) is 0 Å². The van der Waals surface area contributed by atoms with Crippen molar-refractivity contribution in [3.8, 4) is 0 Å². The predicted molar refractivity (Wildman–Crippen MR) is 114 cm³/mol. The molecule has 0 saturated carbocycles. The van der Waals surface area contributed by atoms with Crippen molar-refractivity contribution in [1.29, 1.82) is 0 Å². The Labute approximate surface area is 175 Å². The maximum atomic E-state index is 12.6. The van der Waals surface area contributed by atoms with Gasteiger partial charge in [0.05, 0.1) is 23.2 Å². The van der Waals surface area contributed by atoms with E-state index >= 15 is 0 Å². The first kappa shape index (κ1) is 20.9. The van der Waals surface area contributed by atoms with Crippen molar-refractivity contribution < 1.29 is 14.4 Å². The summed E-state index contributed by atoms with van der Waals surface area (Å²) in [5.74, 6) is -0.392. The van der Waals surface area contributed by atoms with Crippen LogP contribution in [0.5, 0.6) is 0 Å². The van der Waals surface area contributed by atoms with E-state index in [1.165, 1.54) is 6.92 Å². The monoisotopic (exact) mass is 413 g/mol. The Kier molecular flexibility index (Phi) is 6.54. The molecule has 1 heterocycles. The van der Waals surface area contributed by atoms with Gasteiger partial charge in [-0.2, -0.15) is 0 Å². The molecule has 0 aliphatic carbocycles. The van der Waals surface area contributed by atoms with Crippen LogP contribution in [0.15, 0.2) is 42.5 Å². The van der Waals surface area contributed by atoms with E-state index in [1.807, 2.05) is 31.2 Å². The van der Waals surface area contributed by atoms with E-state index < -0.39 is 6.04 Å². The van der Waals surface area contributed by atoms with Crippen molar-refractivity contribution in [2.45, 2.75) is 39.2 Å². The first-order valence-corrected chi connectivity index (χ1v) is 9.94. The standard InChI is InChI=1S/C22H24ClN3O3/c1-14-5-7-16(8-6-14)19(24-15(2)27)13-21(28)25-17-9-10-20(18(23)12-17)26-11-3-4-22(26)29/h5-10,12,19H,3-4,11,13H2,1-2H3,(H,24,27)(H,25,28). The number of nitrogens with zero attached hydrogens (tertiary/aromatic N) is 1. The van der Waals surface area contributed by atoms with Crippen molar-refractivity contribution in [1.82, 2.24) is 5.32 Å². The van der Waals surface area contributed by atoms with Crippen LogP contribution in [-0.2, 0) is 14.4 Å². The summed E-state index contributed by atoms with van der Waals surface area (Å²) in [5, 5.41) is 6.06. The maximum absolute atomic E-state index is 12.6. The second-order valence-electron chi connectivity index (χ2n) is 7.23. The van der Waals surface area contributed by atoms with Gasteiger partial charge < -0.3 is 15.5 Å². The Balaban J connectivity index is 1.69. The minimum Gasteiger partial charge on any atom is -0.349 e. The van der Waals surface area contributed by atoms with Crippen LogP contribution in [0.2, 0.25) is 5.02 Å². The summed E-state index contributed by atoms with van der Waals surface area (Å²) in [5.41, 5.74) is 3.16. The number of aryl methyl sites for hydroxylation is 1. The topological polar surface area (TPSA) is 78.5 Å². The van der Waals surface area contributed by atoms with Crippen molar-refractivity contribution in [3.05, 3.63) is 58.6 Å². The van der Waals surface area contributed by atoms with Crippen LogP contribution >= 0.6 is 11.6 Å². The van der Waals surface area contributed by atoms with E-state index in [2.05, 4.69) is 10.6 Å². The lowest BCUT2D eigenvalue weighted by molar-refractivity contribution is -0.120. The highest BCUT2D eigenvalue weighted by Crippen LogP contribution is 2.32. The summed E-state index contributed by atoms with van der Waals surface area (Å²) in [6.45, 7) is 4.06. The van der Waals surface area contributed by atoms with E-state index in [9.17, 15) is 14.4 Å². The molecule has 152 valence electrons. The average Bonchev–Trinajstić information content (AvgIpc) is 3.07. The number of amides is 3. The van der Waals surface area contributed by atoms with E-state index in [-0.39, 0.29) is 24.1 Å². The molecule has 1 fully saturated rings. The van der Waals surface area contributed by atoms with Gasteiger partial charge in [0.1, 0.15) is 0 Å². The third kappa shape index (κ3) is 5.35. The number of hydrogen-bond acceptors (Lipinski definition) is 3. The number of hydrogen-bond donors (Lipinski definition) is 2. The average molecular weight is 414 g/mol. The fraction of sp³-hybridized carbons (Fsp3) is 0.318. The predicted octanol–water partition coefficient (Wildman–Crippen LogP) is 3.98. The second kappa shape index (κ2) is 9.09. The van der Waals surface area contributed by atoms with Crippen molar-refractivity contribution in [2.75, 3.05) is 16.8 Å². The molecule has 0 spiro atoms. The molecule has 3 amide bonds. The summed E-state index contributed by atoms with van der Waals surface area (Å²) in [7, 11) is 0. The fourth-order valence-corrected chi connectivity index (χ4v) is 3.68. The number of benzene rings is 2. The van der Waals surface area contributed by atoms with E-state index in [1.54, 1.807) is 23.1 Å². The summed E-state index contributed by atoms with van der Waals surface area (Å²) in [4.78, 5) is 37.7. The highest BCUT2D eigenvalue weighted by molar-refractivity contribution is 6.34. The molecule has 2 aromatic rings. The van der Waals surface area contributed by atoms with Crippen molar-refractivity contribution in [2.24, 2.45) is 0 Å². The first-order chi connectivity index (χ1) is 13.8. The molecule has 3 rings (SSSR count). The van der Waals surface area contributed by atoms with E-state index in [0.717, 1.165) is 17.5 Å². The van der Waals surface area contributed by atoms with E-state index in [0.29, 0.717) is 29.4 Å². The number of nitrogens with one attached hydrogen (secondary N) is 2. The third-order valence-corrected chi connectivity index (χ3v) is 5.15. The minimum atomic E-state index is -0.426. The number of halogens is 1. The Hall–Kier alpha value is -2.86. The summed E-state index contributed by atoms with van der Waals surface area (Å²) in [6, 6.07) is 12.4. The largest absolute Gasteiger partial charge is 0.349 e. The lowest BCUT2D eigenvalue weighted by Gasteiger charge is -2.20. The molecule has 6 nitrogen and oxygen atoms in total. The third-order valence-electron chi connectivity index (χ3n) is 4.84. The summed E-state index contributed by atoms with van der Waals surface area (Å²) >= 11 is 6.34. The lowest BCUT2D eigenvalue weighted by Crippen LogP contribution is -2.29. The van der Waals surface area contributed by atoms with Gasteiger partial charge in [0, 0.05) is 25.6 Å². The molecule has 1 unspecified atom stereocenters. The van der Waals surface area contributed by atoms with Gasteiger partial charge in [0.25, 0.3) is 0 Å². The summed E-state index contributed by atoms with van der Waals surface area (Å²) < 4.78 is 0. The van der Waals surface area contributed by atoms with Gasteiger partial charge in [-0.25, -0.2) is 0 Å². The zero-order valence-corrected chi connectivity index (χ0v) is 17.3. The van der Waals surface area contributed by atoms with Gasteiger partial charge in [0.2, 0.25) is 17.7 Å². The molecule has 1 aliphatic heterocycles. The molecule has 0 bridgehead atoms. The molecule has 7 heteroatoms. The Bertz CT molecular complexity index is 927. The Morgan fingerprint density at radius 2 is 1.90 bits per heavy atom. The van der Waals surface area contributed by atoms with Gasteiger partial charge in [-0.3, -0.25) is 14.4 Å². The van der Waals surface area contributed by atoms with Gasteiger partial charge >= 0.3 is 0 Å². The van der Waals surface area contributed by atoms with Gasteiger partial charge in [-0.05, 0) is 37.1 Å². The smallest absolute Gasteiger partial charge is 0.227 e. The number of rotatable bonds is 6. The molecular formula is C22H24ClN3O3. The Morgan fingerprint density at radius 3 is 2.48 bits per heavy atom. The van der Waals surface area contributed by atoms with Crippen LogP contribution in [0.1, 0.15) is 43.4 Å². The highest BCUT2D eigenvalue weighted by atomic mass is 35.5. The second-order valence-corrected chi connectivity index (χ2v) is 7.64. The molecule has 1 atom stereocenters. The zero-order valence-electron chi connectivity index (χ0n) is 16.5. The molecule has 2 aromatic carbocycles. The molecule has 2 N–H and O–H groups in total. The molecule has 0 aromatic heterocycles.